The molecule has 4 nitrogen and oxygen atoms in total. The molecule has 0 fully saturated rings. The molecule has 1 atom stereocenters. The van der Waals surface area contributed by atoms with Crippen LogP contribution in [0.4, 0.5) is 5.69 Å². The topological polar surface area (TPSA) is 50.4 Å². The summed E-state index contributed by atoms with van der Waals surface area (Å²) in [5, 5.41) is 6.08. The summed E-state index contributed by atoms with van der Waals surface area (Å²) in [5.41, 5.74) is 2.08. The minimum atomic E-state index is -0.0403. The summed E-state index contributed by atoms with van der Waals surface area (Å²) in [7, 11) is 0. The Hall–Kier alpha value is -2.33. The molecular weight excluding hydrogens is 312 g/mol. The van der Waals surface area contributed by atoms with Gasteiger partial charge in [-0.1, -0.05) is 43.3 Å². The van der Waals surface area contributed by atoms with Gasteiger partial charge in [-0.3, -0.25) is 4.79 Å². The molecule has 1 unspecified atom stereocenters. The normalized spacial score (nSPS) is 11.8. The first kappa shape index (κ1) is 19.0. The maximum Gasteiger partial charge on any atom is 0.238 e. The average molecular weight is 340 g/mol. The third-order valence-corrected chi connectivity index (χ3v) is 4.06. The fourth-order valence-electron chi connectivity index (χ4n) is 2.39. The zero-order valence-corrected chi connectivity index (χ0v) is 15.1. The van der Waals surface area contributed by atoms with Gasteiger partial charge in [0.2, 0.25) is 5.91 Å². The molecule has 0 spiro atoms. The number of carbonyl (C=O) groups excluding carboxylic acids is 1. The van der Waals surface area contributed by atoms with Crippen molar-refractivity contribution in [2.45, 2.75) is 39.2 Å². The second-order valence-electron chi connectivity index (χ2n) is 6.20. The van der Waals surface area contributed by atoms with E-state index >= 15 is 0 Å². The molecule has 2 aromatic carbocycles. The molecule has 0 heterocycles. The lowest BCUT2D eigenvalue weighted by atomic mass is 10.1. The van der Waals surface area contributed by atoms with E-state index in [1.165, 1.54) is 5.56 Å². The van der Waals surface area contributed by atoms with Crippen LogP contribution >= 0.6 is 0 Å². The van der Waals surface area contributed by atoms with Gasteiger partial charge in [-0.15, -0.1) is 0 Å². The van der Waals surface area contributed by atoms with Crippen LogP contribution in [0.15, 0.2) is 54.6 Å². The highest BCUT2D eigenvalue weighted by molar-refractivity contribution is 5.92. The van der Waals surface area contributed by atoms with Gasteiger partial charge >= 0.3 is 0 Å². The summed E-state index contributed by atoms with van der Waals surface area (Å²) >= 11 is 0. The Labute approximate surface area is 150 Å². The Balaban J connectivity index is 1.73. The van der Waals surface area contributed by atoms with Gasteiger partial charge in [0.1, 0.15) is 5.75 Å². The predicted octanol–water partition coefficient (Wildman–Crippen LogP) is 4.02. The van der Waals surface area contributed by atoms with Gasteiger partial charge in [-0.25, -0.2) is 0 Å². The van der Waals surface area contributed by atoms with Crippen LogP contribution < -0.4 is 15.4 Å². The first-order chi connectivity index (χ1) is 12.2. The third-order valence-electron chi connectivity index (χ3n) is 4.06. The van der Waals surface area contributed by atoms with Crippen LogP contribution in [0.1, 0.15) is 32.3 Å². The lowest BCUT2D eigenvalue weighted by molar-refractivity contribution is -0.115. The van der Waals surface area contributed by atoms with Crippen LogP contribution in [0.3, 0.4) is 0 Å². The van der Waals surface area contributed by atoms with Crippen LogP contribution in [0.25, 0.3) is 0 Å². The molecule has 0 saturated heterocycles. The van der Waals surface area contributed by atoms with Gasteiger partial charge in [-0.05, 0) is 43.9 Å². The van der Waals surface area contributed by atoms with Crippen molar-refractivity contribution < 1.29 is 9.53 Å². The lowest BCUT2D eigenvalue weighted by Gasteiger charge is -2.12. The molecule has 0 aliphatic heterocycles. The van der Waals surface area contributed by atoms with Crippen LogP contribution in [-0.2, 0) is 11.2 Å². The molecule has 134 valence electrons. The minimum Gasteiger partial charge on any atom is -0.494 e. The van der Waals surface area contributed by atoms with E-state index in [4.69, 9.17) is 4.74 Å². The quantitative estimate of drug-likeness (QED) is 0.642. The molecule has 0 aliphatic rings. The third kappa shape index (κ3) is 7.40. The molecule has 2 N–H and O–H groups in total. The summed E-state index contributed by atoms with van der Waals surface area (Å²) in [6.07, 6.45) is 2.96. The number of nitrogens with one attached hydrogen (secondary N) is 2. The standard InChI is InChI=1S/C21H28N2O2/c1-3-17(2)22-16-21(24)23-19-12-7-13-20(15-19)25-14-8-11-18-9-5-4-6-10-18/h4-7,9-10,12-13,15,17,22H,3,8,11,14,16H2,1-2H3,(H,23,24). The lowest BCUT2D eigenvalue weighted by Crippen LogP contribution is -2.33. The summed E-state index contributed by atoms with van der Waals surface area (Å²) in [6, 6.07) is 18.3. The number of hydrogen-bond donors (Lipinski definition) is 2. The van der Waals surface area contributed by atoms with Crippen molar-refractivity contribution in [3.63, 3.8) is 0 Å². The second-order valence-corrected chi connectivity index (χ2v) is 6.20. The fraction of sp³-hybridized carbons (Fsp3) is 0.381. The Morgan fingerprint density at radius 2 is 1.92 bits per heavy atom. The summed E-state index contributed by atoms with van der Waals surface area (Å²) < 4.78 is 5.80. The minimum absolute atomic E-state index is 0.0403. The number of hydrogen-bond acceptors (Lipinski definition) is 3. The van der Waals surface area contributed by atoms with Crippen molar-refractivity contribution in [1.29, 1.82) is 0 Å². The first-order valence-corrected chi connectivity index (χ1v) is 8.97. The molecule has 0 saturated carbocycles. The Bertz CT molecular complexity index is 643. The van der Waals surface area contributed by atoms with E-state index in [1.807, 2.05) is 30.3 Å². The van der Waals surface area contributed by atoms with Crippen molar-refractivity contribution in [1.82, 2.24) is 5.32 Å². The highest BCUT2D eigenvalue weighted by Gasteiger charge is 2.05. The van der Waals surface area contributed by atoms with E-state index in [1.54, 1.807) is 0 Å². The van der Waals surface area contributed by atoms with E-state index in [9.17, 15) is 4.79 Å². The molecule has 0 radical (unpaired) electrons. The number of anilines is 1. The maximum atomic E-state index is 11.9. The van der Waals surface area contributed by atoms with Crippen LogP contribution in [0.5, 0.6) is 5.75 Å². The molecule has 25 heavy (non-hydrogen) atoms. The van der Waals surface area contributed by atoms with Crippen molar-refractivity contribution in [3.05, 3.63) is 60.2 Å². The summed E-state index contributed by atoms with van der Waals surface area (Å²) in [5.74, 6) is 0.738. The van der Waals surface area contributed by atoms with Crippen LogP contribution in [0, 0.1) is 0 Å². The van der Waals surface area contributed by atoms with Gasteiger partial charge in [0, 0.05) is 17.8 Å². The number of amides is 1. The molecule has 0 aliphatic carbocycles. The molecule has 0 aromatic heterocycles. The van der Waals surface area contributed by atoms with E-state index in [0.29, 0.717) is 19.2 Å². The van der Waals surface area contributed by atoms with Crippen molar-refractivity contribution >= 4 is 11.6 Å². The van der Waals surface area contributed by atoms with Gasteiger partial charge in [0.15, 0.2) is 0 Å². The molecular formula is C21H28N2O2. The van der Waals surface area contributed by atoms with E-state index in [-0.39, 0.29) is 5.91 Å². The van der Waals surface area contributed by atoms with Crippen molar-refractivity contribution in [3.8, 4) is 5.75 Å². The largest absolute Gasteiger partial charge is 0.494 e. The molecule has 2 aromatic rings. The highest BCUT2D eigenvalue weighted by Crippen LogP contribution is 2.17. The monoisotopic (exact) mass is 340 g/mol. The van der Waals surface area contributed by atoms with Gasteiger partial charge in [0.25, 0.3) is 0 Å². The second kappa shape index (κ2) is 10.5. The van der Waals surface area contributed by atoms with Crippen LogP contribution in [-0.4, -0.2) is 25.1 Å². The Kier molecular flexibility index (Phi) is 7.99. The summed E-state index contributed by atoms with van der Waals surface area (Å²) in [6.45, 7) is 5.13. The smallest absolute Gasteiger partial charge is 0.238 e. The number of benzene rings is 2. The SMILES string of the molecule is CCC(C)NCC(=O)Nc1cccc(OCCCc2ccccc2)c1. The van der Waals surface area contributed by atoms with Crippen LogP contribution in [0.2, 0.25) is 0 Å². The van der Waals surface area contributed by atoms with Crippen molar-refractivity contribution in [2.75, 3.05) is 18.5 Å². The Morgan fingerprint density at radius 1 is 1.12 bits per heavy atom. The number of ether oxygens (including phenoxy) is 1. The maximum absolute atomic E-state index is 11.9. The molecule has 0 bridgehead atoms. The van der Waals surface area contributed by atoms with E-state index in [0.717, 1.165) is 30.7 Å². The summed E-state index contributed by atoms with van der Waals surface area (Å²) in [4.78, 5) is 11.9. The van der Waals surface area contributed by atoms with E-state index in [2.05, 4.69) is 48.7 Å². The zero-order valence-electron chi connectivity index (χ0n) is 15.1. The van der Waals surface area contributed by atoms with Gasteiger partial charge in [0.05, 0.1) is 13.2 Å². The first-order valence-electron chi connectivity index (χ1n) is 8.97. The van der Waals surface area contributed by atoms with Crippen molar-refractivity contribution in [2.24, 2.45) is 0 Å². The molecule has 2 rings (SSSR count). The molecule has 4 heteroatoms. The van der Waals surface area contributed by atoms with Gasteiger partial charge < -0.3 is 15.4 Å². The van der Waals surface area contributed by atoms with E-state index < -0.39 is 0 Å². The number of rotatable bonds is 10. The highest BCUT2D eigenvalue weighted by atomic mass is 16.5. The van der Waals surface area contributed by atoms with Gasteiger partial charge in [-0.2, -0.15) is 0 Å². The fourth-order valence-corrected chi connectivity index (χ4v) is 2.39. The number of carbonyl (C=O) groups is 1. The average Bonchev–Trinajstić information content (AvgIpc) is 2.64. The predicted molar refractivity (Wildman–Crippen MR) is 103 cm³/mol. The number of aryl methyl sites for hydroxylation is 1. The molecule has 1 amide bonds. The Morgan fingerprint density at radius 3 is 2.68 bits per heavy atom. The zero-order chi connectivity index (χ0) is 17.9.